The Morgan fingerprint density at radius 1 is 1.56 bits per heavy atom. The van der Waals surface area contributed by atoms with E-state index in [1.807, 2.05) is 6.92 Å². The van der Waals surface area contributed by atoms with Crippen LogP contribution in [0.4, 0.5) is 5.69 Å². The third kappa shape index (κ3) is 4.48. The summed E-state index contributed by atoms with van der Waals surface area (Å²) < 4.78 is 27.1. The van der Waals surface area contributed by atoms with Gasteiger partial charge in [0.1, 0.15) is 9.84 Å². The van der Waals surface area contributed by atoms with Crippen molar-refractivity contribution in [1.29, 1.82) is 0 Å². The molecule has 0 radical (unpaired) electrons. The largest absolute Gasteiger partial charge is 0.481 e. The van der Waals surface area contributed by atoms with Gasteiger partial charge in [-0.15, -0.1) is 0 Å². The van der Waals surface area contributed by atoms with E-state index in [9.17, 15) is 8.42 Å². The summed E-state index contributed by atoms with van der Waals surface area (Å²) in [6.07, 6.45) is 2.83. The number of hydrogen-bond acceptors (Lipinski definition) is 5. The van der Waals surface area contributed by atoms with Crippen LogP contribution in [0.25, 0.3) is 0 Å². The number of rotatable bonds is 5. The van der Waals surface area contributed by atoms with Crippen molar-refractivity contribution in [2.45, 2.75) is 13.0 Å². The quantitative estimate of drug-likeness (QED) is 0.834. The number of hydrogen-bond donors (Lipinski definition) is 1. The Balaban J connectivity index is 2.65. The molecule has 1 aromatic heterocycles. The number of pyridine rings is 1. The van der Waals surface area contributed by atoms with E-state index in [0.29, 0.717) is 5.88 Å². The molecule has 1 N–H and O–H groups in total. The lowest BCUT2D eigenvalue weighted by molar-refractivity contribution is 0.398. The maximum atomic E-state index is 11.1. The molecule has 0 bridgehead atoms. The Labute approximate surface area is 95.8 Å². The molecule has 90 valence electrons. The molecule has 1 aromatic rings. The summed E-state index contributed by atoms with van der Waals surface area (Å²) in [5, 5.41) is 3.07. The molecule has 1 heterocycles. The van der Waals surface area contributed by atoms with Crippen molar-refractivity contribution in [3.63, 3.8) is 0 Å². The van der Waals surface area contributed by atoms with Crippen molar-refractivity contribution < 1.29 is 13.2 Å². The fourth-order valence-electron chi connectivity index (χ4n) is 1.39. The molecule has 0 aliphatic heterocycles. The van der Waals surface area contributed by atoms with Gasteiger partial charge in [0.15, 0.2) is 0 Å². The topological polar surface area (TPSA) is 68.3 Å². The molecule has 0 aliphatic carbocycles. The summed E-state index contributed by atoms with van der Waals surface area (Å²) in [7, 11) is -1.43. The smallest absolute Gasteiger partial charge is 0.214 e. The zero-order valence-corrected chi connectivity index (χ0v) is 10.4. The Kier molecular flexibility index (Phi) is 4.12. The first-order valence-corrected chi connectivity index (χ1v) is 6.91. The van der Waals surface area contributed by atoms with Gasteiger partial charge in [0.2, 0.25) is 5.88 Å². The van der Waals surface area contributed by atoms with Crippen LogP contribution in [-0.4, -0.2) is 38.6 Å². The third-order valence-electron chi connectivity index (χ3n) is 1.91. The van der Waals surface area contributed by atoms with E-state index in [-0.39, 0.29) is 11.8 Å². The van der Waals surface area contributed by atoms with Crippen LogP contribution in [0.5, 0.6) is 5.88 Å². The molecular formula is C10H16N2O3S. The van der Waals surface area contributed by atoms with Crippen LogP contribution in [0.3, 0.4) is 0 Å². The van der Waals surface area contributed by atoms with Gasteiger partial charge in [-0.05, 0) is 13.0 Å². The number of methoxy groups -OCH3 is 1. The zero-order valence-electron chi connectivity index (χ0n) is 9.60. The Hall–Kier alpha value is -1.30. The molecular weight excluding hydrogens is 228 g/mol. The minimum atomic E-state index is -2.97. The fourth-order valence-corrected chi connectivity index (χ4v) is 2.38. The molecule has 1 rings (SSSR count). The molecule has 16 heavy (non-hydrogen) atoms. The average molecular weight is 244 g/mol. The number of aromatic nitrogens is 1. The van der Waals surface area contributed by atoms with E-state index < -0.39 is 9.84 Å². The van der Waals surface area contributed by atoms with Crippen molar-refractivity contribution in [2.75, 3.05) is 24.4 Å². The standard InChI is InChI=1S/C10H16N2O3S/c1-8(7-16(3,13)14)12-9-4-5-11-10(6-9)15-2/h4-6,8H,7H2,1-3H3,(H,11,12). The summed E-state index contributed by atoms with van der Waals surface area (Å²) in [5.41, 5.74) is 0.794. The van der Waals surface area contributed by atoms with Gasteiger partial charge in [-0.2, -0.15) is 0 Å². The molecule has 0 fully saturated rings. The second-order valence-corrected chi connectivity index (χ2v) is 5.91. The monoisotopic (exact) mass is 244 g/mol. The van der Waals surface area contributed by atoms with Gasteiger partial charge in [-0.3, -0.25) is 0 Å². The lowest BCUT2D eigenvalue weighted by Gasteiger charge is -2.14. The Morgan fingerprint density at radius 2 is 2.25 bits per heavy atom. The fraction of sp³-hybridized carbons (Fsp3) is 0.500. The van der Waals surface area contributed by atoms with E-state index >= 15 is 0 Å². The van der Waals surface area contributed by atoms with E-state index in [0.717, 1.165) is 5.69 Å². The second kappa shape index (κ2) is 5.16. The summed E-state index contributed by atoms with van der Waals surface area (Å²) in [5.74, 6) is 0.592. The van der Waals surface area contributed by atoms with Crippen LogP contribution in [0.15, 0.2) is 18.3 Å². The molecule has 0 saturated carbocycles. The number of anilines is 1. The molecule has 0 saturated heterocycles. The average Bonchev–Trinajstić information content (AvgIpc) is 2.15. The number of sulfone groups is 1. The van der Waals surface area contributed by atoms with E-state index in [1.54, 1.807) is 18.3 Å². The van der Waals surface area contributed by atoms with Crippen LogP contribution in [0.2, 0.25) is 0 Å². The molecule has 5 nitrogen and oxygen atoms in total. The Bertz CT molecular complexity index is 445. The van der Waals surface area contributed by atoms with Gasteiger partial charge in [0.05, 0.1) is 12.9 Å². The first-order valence-electron chi connectivity index (χ1n) is 4.85. The molecule has 1 unspecified atom stereocenters. The van der Waals surface area contributed by atoms with E-state index in [2.05, 4.69) is 10.3 Å². The van der Waals surface area contributed by atoms with Gasteiger partial charge in [0.25, 0.3) is 0 Å². The highest BCUT2D eigenvalue weighted by atomic mass is 32.2. The van der Waals surface area contributed by atoms with Crippen molar-refractivity contribution in [3.05, 3.63) is 18.3 Å². The third-order valence-corrected chi connectivity index (χ3v) is 3.02. The highest BCUT2D eigenvalue weighted by Crippen LogP contribution is 2.14. The lowest BCUT2D eigenvalue weighted by Crippen LogP contribution is -2.24. The minimum Gasteiger partial charge on any atom is -0.481 e. The first kappa shape index (κ1) is 12.8. The normalized spacial score (nSPS) is 13.2. The lowest BCUT2D eigenvalue weighted by atomic mass is 10.3. The van der Waals surface area contributed by atoms with Gasteiger partial charge >= 0.3 is 0 Å². The maximum Gasteiger partial charge on any atom is 0.214 e. The summed E-state index contributed by atoms with van der Waals surface area (Å²) in [6.45, 7) is 1.81. The van der Waals surface area contributed by atoms with Crippen LogP contribution in [0.1, 0.15) is 6.92 Å². The van der Waals surface area contributed by atoms with E-state index in [1.165, 1.54) is 13.4 Å². The zero-order chi connectivity index (χ0) is 12.2. The van der Waals surface area contributed by atoms with E-state index in [4.69, 9.17) is 4.74 Å². The maximum absolute atomic E-state index is 11.1. The molecule has 0 aliphatic rings. The summed E-state index contributed by atoms with van der Waals surface area (Å²) in [6, 6.07) is 3.34. The van der Waals surface area contributed by atoms with Crippen LogP contribution in [-0.2, 0) is 9.84 Å². The molecule has 0 spiro atoms. The predicted molar refractivity (Wildman–Crippen MR) is 63.6 cm³/mol. The van der Waals surface area contributed by atoms with Crippen molar-refractivity contribution >= 4 is 15.5 Å². The predicted octanol–water partition coefficient (Wildman–Crippen LogP) is 0.935. The number of ether oxygens (including phenoxy) is 1. The highest BCUT2D eigenvalue weighted by molar-refractivity contribution is 7.90. The number of nitrogens with one attached hydrogen (secondary N) is 1. The van der Waals surface area contributed by atoms with Gasteiger partial charge < -0.3 is 10.1 Å². The second-order valence-electron chi connectivity index (χ2n) is 3.72. The molecule has 0 amide bonds. The Morgan fingerprint density at radius 3 is 2.81 bits per heavy atom. The molecule has 1 atom stereocenters. The SMILES string of the molecule is COc1cc(NC(C)CS(C)(=O)=O)ccn1. The van der Waals surface area contributed by atoms with Gasteiger partial charge in [0, 0.05) is 30.2 Å². The van der Waals surface area contributed by atoms with Crippen LogP contribution >= 0.6 is 0 Å². The van der Waals surface area contributed by atoms with Gasteiger partial charge in [-0.25, -0.2) is 13.4 Å². The summed E-state index contributed by atoms with van der Waals surface area (Å²) >= 11 is 0. The van der Waals surface area contributed by atoms with Crippen molar-refractivity contribution in [1.82, 2.24) is 4.98 Å². The van der Waals surface area contributed by atoms with Gasteiger partial charge in [-0.1, -0.05) is 0 Å². The molecule has 6 heteroatoms. The number of nitrogens with zero attached hydrogens (tertiary/aromatic N) is 1. The molecule has 0 aromatic carbocycles. The highest BCUT2D eigenvalue weighted by Gasteiger charge is 2.10. The van der Waals surface area contributed by atoms with Crippen molar-refractivity contribution in [2.24, 2.45) is 0 Å². The van der Waals surface area contributed by atoms with Crippen LogP contribution in [0, 0.1) is 0 Å². The van der Waals surface area contributed by atoms with Crippen molar-refractivity contribution in [3.8, 4) is 5.88 Å². The summed E-state index contributed by atoms with van der Waals surface area (Å²) in [4.78, 5) is 3.96. The first-order chi connectivity index (χ1) is 7.40. The minimum absolute atomic E-state index is 0.0949. The van der Waals surface area contributed by atoms with Crippen LogP contribution < -0.4 is 10.1 Å².